The van der Waals surface area contributed by atoms with Gasteiger partial charge in [0.15, 0.2) is 11.5 Å². The number of thioether (sulfide) groups is 1. The summed E-state index contributed by atoms with van der Waals surface area (Å²) in [5.41, 5.74) is 2.09. The van der Waals surface area contributed by atoms with E-state index in [-0.39, 0.29) is 11.7 Å². The third kappa shape index (κ3) is 5.45. The van der Waals surface area contributed by atoms with Crippen molar-refractivity contribution in [2.45, 2.75) is 6.54 Å². The maximum atomic E-state index is 12.9. The Morgan fingerprint density at radius 3 is 2.48 bits per heavy atom. The van der Waals surface area contributed by atoms with Gasteiger partial charge >= 0.3 is 5.97 Å². The molecule has 0 unspecified atom stereocenters. The van der Waals surface area contributed by atoms with Crippen LogP contribution in [0.25, 0.3) is 6.08 Å². The fourth-order valence-electron chi connectivity index (χ4n) is 3.16. The van der Waals surface area contributed by atoms with Gasteiger partial charge < -0.3 is 9.47 Å². The minimum absolute atomic E-state index is 0.147. The number of benzene rings is 3. The first-order valence-corrected chi connectivity index (χ1v) is 11.5. The van der Waals surface area contributed by atoms with E-state index in [4.69, 9.17) is 33.3 Å². The highest BCUT2D eigenvalue weighted by Crippen LogP contribution is 2.35. The smallest absolute Gasteiger partial charge is 0.343 e. The minimum atomic E-state index is -0.528. The first-order valence-electron chi connectivity index (χ1n) is 9.89. The number of halogens is 1. The van der Waals surface area contributed by atoms with Gasteiger partial charge in [-0.05, 0) is 53.6 Å². The molecule has 0 saturated carbocycles. The first-order chi connectivity index (χ1) is 15.9. The number of nitrogens with zero attached hydrogens (tertiary/aromatic N) is 1. The van der Waals surface area contributed by atoms with Crippen molar-refractivity contribution < 1.29 is 19.1 Å². The molecular weight excluding hydrogens is 478 g/mol. The maximum Gasteiger partial charge on any atom is 0.343 e. The van der Waals surface area contributed by atoms with Crippen LogP contribution in [-0.2, 0) is 11.3 Å². The van der Waals surface area contributed by atoms with Crippen LogP contribution in [-0.4, -0.2) is 28.2 Å². The molecule has 1 fully saturated rings. The molecule has 0 radical (unpaired) electrons. The van der Waals surface area contributed by atoms with E-state index in [0.29, 0.717) is 32.1 Å². The summed E-state index contributed by atoms with van der Waals surface area (Å²) in [6, 6.07) is 21.2. The third-order valence-corrected chi connectivity index (χ3v) is 6.45. The van der Waals surface area contributed by atoms with E-state index in [2.05, 4.69) is 0 Å². The SMILES string of the molecule is COc1cc(/C=C2/SC(=S)N(Cc3ccccc3)C2=O)ccc1OC(=O)c1ccc(Cl)cc1. The monoisotopic (exact) mass is 495 g/mol. The van der Waals surface area contributed by atoms with Gasteiger partial charge in [-0.1, -0.05) is 72.0 Å². The lowest BCUT2D eigenvalue weighted by molar-refractivity contribution is -0.122. The van der Waals surface area contributed by atoms with E-state index in [1.54, 1.807) is 53.4 Å². The number of hydrogen-bond acceptors (Lipinski definition) is 6. The van der Waals surface area contributed by atoms with E-state index >= 15 is 0 Å². The van der Waals surface area contributed by atoms with Crippen LogP contribution in [0.4, 0.5) is 0 Å². The second-order valence-electron chi connectivity index (χ2n) is 7.06. The van der Waals surface area contributed by atoms with Gasteiger partial charge in [0, 0.05) is 5.02 Å². The van der Waals surface area contributed by atoms with Crippen molar-refractivity contribution in [2.75, 3.05) is 7.11 Å². The predicted molar refractivity (Wildman–Crippen MR) is 135 cm³/mol. The number of ether oxygens (including phenoxy) is 2. The van der Waals surface area contributed by atoms with Crippen LogP contribution >= 0.6 is 35.6 Å². The van der Waals surface area contributed by atoms with Gasteiger partial charge in [0.25, 0.3) is 5.91 Å². The average Bonchev–Trinajstić information content (AvgIpc) is 3.08. The van der Waals surface area contributed by atoms with Gasteiger partial charge in [-0.25, -0.2) is 4.79 Å². The zero-order valence-electron chi connectivity index (χ0n) is 17.5. The molecule has 1 aliphatic rings. The van der Waals surface area contributed by atoms with Gasteiger partial charge in [-0.3, -0.25) is 9.69 Å². The standard InChI is InChI=1S/C25H18ClNO4S2/c1-30-21-13-17(7-12-20(21)31-24(29)18-8-10-19(26)11-9-18)14-22-23(28)27(25(32)33-22)15-16-5-3-2-4-6-16/h2-14H,15H2,1H3/b22-14+. The van der Waals surface area contributed by atoms with E-state index in [1.807, 2.05) is 30.3 Å². The molecule has 0 atom stereocenters. The second kappa shape index (κ2) is 10.2. The number of carbonyl (C=O) groups excluding carboxylic acids is 2. The summed E-state index contributed by atoms with van der Waals surface area (Å²) in [5, 5.41) is 0.530. The fourth-order valence-corrected chi connectivity index (χ4v) is 4.54. The van der Waals surface area contributed by atoms with Crippen LogP contribution in [0.1, 0.15) is 21.5 Å². The second-order valence-corrected chi connectivity index (χ2v) is 9.17. The topological polar surface area (TPSA) is 55.8 Å². The quantitative estimate of drug-likeness (QED) is 0.182. The Bertz CT molecular complexity index is 1240. The van der Waals surface area contributed by atoms with E-state index in [9.17, 15) is 9.59 Å². The average molecular weight is 496 g/mol. The summed E-state index contributed by atoms with van der Waals surface area (Å²) >= 11 is 12.5. The van der Waals surface area contributed by atoms with Gasteiger partial charge in [-0.15, -0.1) is 0 Å². The van der Waals surface area contributed by atoms with Gasteiger partial charge in [0.2, 0.25) is 0 Å². The molecule has 166 valence electrons. The van der Waals surface area contributed by atoms with Crippen molar-refractivity contribution >= 4 is 57.9 Å². The van der Waals surface area contributed by atoms with Crippen LogP contribution in [0.15, 0.2) is 77.7 Å². The van der Waals surface area contributed by atoms with Gasteiger partial charge in [-0.2, -0.15) is 0 Å². The van der Waals surface area contributed by atoms with Crippen molar-refractivity contribution in [2.24, 2.45) is 0 Å². The number of thiocarbonyl (C=S) groups is 1. The number of amides is 1. The molecule has 0 aromatic heterocycles. The number of rotatable bonds is 6. The lowest BCUT2D eigenvalue weighted by Crippen LogP contribution is -2.27. The Labute approximate surface area is 205 Å². The summed E-state index contributed by atoms with van der Waals surface area (Å²) in [6.07, 6.45) is 1.75. The lowest BCUT2D eigenvalue weighted by atomic mass is 10.1. The number of methoxy groups -OCH3 is 1. The fraction of sp³-hybridized carbons (Fsp3) is 0.0800. The molecule has 0 spiro atoms. The zero-order chi connectivity index (χ0) is 23.4. The molecule has 1 aliphatic heterocycles. The molecule has 3 aromatic rings. The van der Waals surface area contributed by atoms with Crippen LogP contribution in [0.5, 0.6) is 11.5 Å². The van der Waals surface area contributed by atoms with Crippen molar-refractivity contribution in [3.8, 4) is 11.5 Å². The summed E-state index contributed by atoms with van der Waals surface area (Å²) < 4.78 is 11.4. The van der Waals surface area contributed by atoms with Crippen molar-refractivity contribution in [1.29, 1.82) is 0 Å². The zero-order valence-corrected chi connectivity index (χ0v) is 19.9. The van der Waals surface area contributed by atoms with E-state index in [1.165, 1.54) is 18.9 Å². The third-order valence-electron chi connectivity index (χ3n) is 4.83. The molecule has 1 heterocycles. The summed E-state index contributed by atoms with van der Waals surface area (Å²) in [7, 11) is 1.48. The van der Waals surface area contributed by atoms with Crippen LogP contribution in [0.2, 0.25) is 5.02 Å². The molecule has 0 bridgehead atoms. The van der Waals surface area contributed by atoms with Gasteiger partial charge in [0.1, 0.15) is 4.32 Å². The molecule has 1 saturated heterocycles. The first kappa shape index (κ1) is 23.0. The molecule has 1 amide bonds. The van der Waals surface area contributed by atoms with E-state index in [0.717, 1.165) is 11.1 Å². The molecule has 33 heavy (non-hydrogen) atoms. The molecule has 8 heteroatoms. The summed E-state index contributed by atoms with van der Waals surface area (Å²) in [6.45, 7) is 0.422. The van der Waals surface area contributed by atoms with Crippen LogP contribution in [0, 0.1) is 0 Å². The minimum Gasteiger partial charge on any atom is -0.493 e. The summed E-state index contributed by atoms with van der Waals surface area (Å²) in [4.78, 5) is 27.4. The Morgan fingerprint density at radius 1 is 1.06 bits per heavy atom. The molecular formula is C25H18ClNO4S2. The number of esters is 1. The van der Waals surface area contributed by atoms with Crippen molar-refractivity contribution in [3.63, 3.8) is 0 Å². The van der Waals surface area contributed by atoms with Crippen LogP contribution in [0.3, 0.4) is 0 Å². The lowest BCUT2D eigenvalue weighted by Gasteiger charge is -2.14. The maximum absolute atomic E-state index is 12.9. The summed E-state index contributed by atoms with van der Waals surface area (Å²) in [5.74, 6) is -0.0392. The Hall–Kier alpha value is -3.13. The predicted octanol–water partition coefficient (Wildman–Crippen LogP) is 5.97. The highest BCUT2D eigenvalue weighted by atomic mass is 35.5. The Morgan fingerprint density at radius 2 is 1.79 bits per heavy atom. The normalized spacial score (nSPS) is 14.6. The largest absolute Gasteiger partial charge is 0.493 e. The van der Waals surface area contributed by atoms with Crippen LogP contribution < -0.4 is 9.47 Å². The van der Waals surface area contributed by atoms with Crippen molar-refractivity contribution in [3.05, 3.63) is 99.4 Å². The van der Waals surface area contributed by atoms with E-state index < -0.39 is 5.97 Å². The Balaban J connectivity index is 1.51. The number of hydrogen-bond donors (Lipinski definition) is 0. The highest BCUT2D eigenvalue weighted by Gasteiger charge is 2.32. The molecule has 4 rings (SSSR count). The highest BCUT2D eigenvalue weighted by molar-refractivity contribution is 8.26. The molecule has 3 aromatic carbocycles. The van der Waals surface area contributed by atoms with Crippen molar-refractivity contribution in [1.82, 2.24) is 4.90 Å². The molecule has 5 nitrogen and oxygen atoms in total. The molecule has 0 aliphatic carbocycles. The van der Waals surface area contributed by atoms with Gasteiger partial charge in [0.05, 0.1) is 24.1 Å². The molecule has 0 N–H and O–H groups in total. The number of carbonyl (C=O) groups is 2. The Kier molecular flexibility index (Phi) is 7.13.